The highest BCUT2D eigenvalue weighted by Gasteiger charge is 2.44. The summed E-state index contributed by atoms with van der Waals surface area (Å²) in [5.41, 5.74) is 7.53. The van der Waals surface area contributed by atoms with E-state index in [1.807, 2.05) is 12.4 Å². The standard InChI is InChI=1S/C26H21N3/c1-3-7-21-20(6-1)16-29(17-23(21)18-11-13-27-14-12-18)26-15-22(26)25-10-9-19-5-2-4-8-24(19)28-25/h1-14,17,22,26H,15-16H2. The summed E-state index contributed by atoms with van der Waals surface area (Å²) in [6.07, 6.45) is 7.25. The van der Waals surface area contributed by atoms with Crippen LogP contribution in [-0.2, 0) is 6.54 Å². The van der Waals surface area contributed by atoms with Gasteiger partial charge in [-0.05, 0) is 47.4 Å². The van der Waals surface area contributed by atoms with E-state index in [1.54, 1.807) is 0 Å². The quantitative estimate of drug-likeness (QED) is 0.481. The normalized spacial score (nSPS) is 20.3. The van der Waals surface area contributed by atoms with Gasteiger partial charge in [-0.25, -0.2) is 0 Å². The monoisotopic (exact) mass is 375 g/mol. The van der Waals surface area contributed by atoms with E-state index < -0.39 is 0 Å². The number of hydrogen-bond acceptors (Lipinski definition) is 3. The van der Waals surface area contributed by atoms with Crippen LogP contribution in [0.5, 0.6) is 0 Å². The first-order valence-electron chi connectivity index (χ1n) is 10.2. The van der Waals surface area contributed by atoms with Gasteiger partial charge in [-0.15, -0.1) is 0 Å². The second-order valence-electron chi connectivity index (χ2n) is 7.95. The SMILES string of the molecule is C1=C(c2ccncc2)c2ccccc2CN1C1CC1c1ccc2ccccc2n1. The largest absolute Gasteiger partial charge is 0.369 e. The first-order chi connectivity index (χ1) is 14.4. The van der Waals surface area contributed by atoms with Crippen molar-refractivity contribution in [2.24, 2.45) is 0 Å². The molecule has 2 aliphatic rings. The fourth-order valence-electron chi connectivity index (χ4n) is 4.53. The molecule has 1 fully saturated rings. The minimum atomic E-state index is 0.500. The van der Waals surface area contributed by atoms with Gasteiger partial charge in [-0.2, -0.15) is 0 Å². The van der Waals surface area contributed by atoms with Gasteiger partial charge in [0.05, 0.1) is 5.52 Å². The van der Waals surface area contributed by atoms with Gasteiger partial charge >= 0.3 is 0 Å². The van der Waals surface area contributed by atoms with Crippen LogP contribution in [0.15, 0.2) is 91.4 Å². The minimum absolute atomic E-state index is 0.500. The van der Waals surface area contributed by atoms with Crippen molar-refractivity contribution in [1.82, 2.24) is 14.9 Å². The highest BCUT2D eigenvalue weighted by atomic mass is 15.2. The molecular formula is C26H21N3. The van der Waals surface area contributed by atoms with Crippen molar-refractivity contribution >= 4 is 16.5 Å². The van der Waals surface area contributed by atoms with Crippen LogP contribution in [0.1, 0.15) is 34.7 Å². The molecule has 4 aromatic rings. The third kappa shape index (κ3) is 2.90. The zero-order valence-corrected chi connectivity index (χ0v) is 16.1. The molecule has 2 unspecified atom stereocenters. The van der Waals surface area contributed by atoms with Crippen LogP contribution in [0.4, 0.5) is 0 Å². The predicted molar refractivity (Wildman–Crippen MR) is 116 cm³/mol. The number of para-hydroxylation sites is 1. The Morgan fingerprint density at radius 3 is 2.59 bits per heavy atom. The summed E-state index contributed by atoms with van der Waals surface area (Å²) < 4.78 is 0. The van der Waals surface area contributed by atoms with Gasteiger partial charge in [0, 0.05) is 53.8 Å². The molecule has 0 spiro atoms. The van der Waals surface area contributed by atoms with Crippen molar-refractivity contribution in [2.75, 3.05) is 0 Å². The number of rotatable bonds is 3. The number of aromatic nitrogens is 2. The van der Waals surface area contributed by atoms with E-state index in [2.05, 4.69) is 88.9 Å². The molecule has 0 N–H and O–H groups in total. The molecule has 29 heavy (non-hydrogen) atoms. The molecule has 1 saturated carbocycles. The van der Waals surface area contributed by atoms with E-state index in [4.69, 9.17) is 4.98 Å². The van der Waals surface area contributed by atoms with Crippen molar-refractivity contribution in [3.63, 3.8) is 0 Å². The van der Waals surface area contributed by atoms with Gasteiger partial charge in [0.25, 0.3) is 0 Å². The Morgan fingerprint density at radius 2 is 1.66 bits per heavy atom. The fraction of sp³-hybridized carbons (Fsp3) is 0.154. The Bertz CT molecular complexity index is 1230. The molecule has 1 aliphatic heterocycles. The number of fused-ring (bicyclic) bond motifs is 2. The molecule has 2 aromatic carbocycles. The van der Waals surface area contributed by atoms with Crippen molar-refractivity contribution in [3.8, 4) is 0 Å². The van der Waals surface area contributed by atoms with Gasteiger partial charge in [-0.1, -0.05) is 48.5 Å². The van der Waals surface area contributed by atoms with Gasteiger partial charge in [0.2, 0.25) is 0 Å². The second-order valence-corrected chi connectivity index (χ2v) is 7.95. The Hall–Kier alpha value is -3.46. The van der Waals surface area contributed by atoms with E-state index in [1.165, 1.54) is 33.3 Å². The molecule has 2 aromatic heterocycles. The van der Waals surface area contributed by atoms with Crippen LogP contribution in [-0.4, -0.2) is 20.9 Å². The molecular weight excluding hydrogens is 354 g/mol. The zero-order valence-electron chi connectivity index (χ0n) is 16.1. The molecule has 0 amide bonds. The van der Waals surface area contributed by atoms with Crippen LogP contribution in [0, 0.1) is 0 Å². The van der Waals surface area contributed by atoms with Crippen molar-refractivity contribution in [2.45, 2.75) is 24.9 Å². The molecule has 0 bridgehead atoms. The summed E-state index contributed by atoms with van der Waals surface area (Å²) in [5.74, 6) is 0.500. The number of pyridine rings is 2. The second kappa shape index (κ2) is 6.56. The van der Waals surface area contributed by atoms with E-state index in [9.17, 15) is 0 Å². The van der Waals surface area contributed by atoms with Crippen LogP contribution in [0.3, 0.4) is 0 Å². The number of hydrogen-bond donors (Lipinski definition) is 0. The minimum Gasteiger partial charge on any atom is -0.369 e. The van der Waals surface area contributed by atoms with Crippen molar-refractivity contribution in [1.29, 1.82) is 0 Å². The van der Waals surface area contributed by atoms with Crippen molar-refractivity contribution in [3.05, 3.63) is 114 Å². The van der Waals surface area contributed by atoms with Crippen molar-refractivity contribution < 1.29 is 0 Å². The van der Waals surface area contributed by atoms with Gasteiger partial charge in [-0.3, -0.25) is 9.97 Å². The molecule has 3 heterocycles. The smallest absolute Gasteiger partial charge is 0.0705 e. The number of benzene rings is 2. The van der Waals surface area contributed by atoms with E-state index in [0.29, 0.717) is 12.0 Å². The van der Waals surface area contributed by atoms with Gasteiger partial charge < -0.3 is 4.90 Å². The maximum atomic E-state index is 4.95. The van der Waals surface area contributed by atoms with Gasteiger partial charge in [0.1, 0.15) is 0 Å². The Balaban J connectivity index is 1.34. The lowest BCUT2D eigenvalue weighted by molar-refractivity contribution is 0.348. The van der Waals surface area contributed by atoms with Crippen LogP contribution < -0.4 is 0 Å². The fourth-order valence-corrected chi connectivity index (χ4v) is 4.53. The first kappa shape index (κ1) is 16.5. The first-order valence-corrected chi connectivity index (χ1v) is 10.2. The maximum absolute atomic E-state index is 4.95. The topological polar surface area (TPSA) is 29.0 Å². The maximum Gasteiger partial charge on any atom is 0.0705 e. The third-order valence-corrected chi connectivity index (χ3v) is 6.13. The van der Waals surface area contributed by atoms with Crippen LogP contribution in [0.2, 0.25) is 0 Å². The molecule has 1 aliphatic carbocycles. The average Bonchev–Trinajstić information content (AvgIpc) is 3.60. The lowest BCUT2D eigenvalue weighted by Gasteiger charge is -2.29. The lowest BCUT2D eigenvalue weighted by Crippen LogP contribution is -2.25. The average molecular weight is 375 g/mol. The molecule has 3 nitrogen and oxygen atoms in total. The lowest BCUT2D eigenvalue weighted by atomic mass is 9.92. The van der Waals surface area contributed by atoms with Crippen LogP contribution in [0.25, 0.3) is 16.5 Å². The van der Waals surface area contributed by atoms with E-state index in [0.717, 1.165) is 18.5 Å². The summed E-state index contributed by atoms with van der Waals surface area (Å²) in [6.45, 7) is 0.958. The molecule has 0 radical (unpaired) electrons. The summed E-state index contributed by atoms with van der Waals surface area (Å²) in [6, 6.07) is 26.2. The highest BCUT2D eigenvalue weighted by Crippen LogP contribution is 2.47. The van der Waals surface area contributed by atoms with Gasteiger partial charge in [0.15, 0.2) is 0 Å². The summed E-state index contributed by atoms with van der Waals surface area (Å²) in [5, 5.41) is 1.21. The summed E-state index contributed by atoms with van der Waals surface area (Å²) in [4.78, 5) is 11.7. The predicted octanol–water partition coefficient (Wildman–Crippen LogP) is 5.39. The summed E-state index contributed by atoms with van der Waals surface area (Å²) in [7, 11) is 0. The Kier molecular flexibility index (Phi) is 3.73. The molecule has 3 heteroatoms. The summed E-state index contributed by atoms with van der Waals surface area (Å²) >= 11 is 0. The molecule has 2 atom stereocenters. The molecule has 140 valence electrons. The van der Waals surface area contributed by atoms with E-state index >= 15 is 0 Å². The van der Waals surface area contributed by atoms with Crippen LogP contribution >= 0.6 is 0 Å². The Labute approximate surface area is 170 Å². The Morgan fingerprint density at radius 1 is 0.828 bits per heavy atom. The number of nitrogens with zero attached hydrogens (tertiary/aromatic N) is 3. The highest BCUT2D eigenvalue weighted by molar-refractivity contribution is 5.82. The van der Waals surface area contributed by atoms with E-state index in [-0.39, 0.29) is 0 Å². The molecule has 0 saturated heterocycles. The third-order valence-electron chi connectivity index (χ3n) is 6.13. The zero-order chi connectivity index (χ0) is 19.2. The molecule has 6 rings (SSSR count).